The smallest absolute Gasteiger partial charge is 0.345 e. The molecule has 1 atom stereocenters. The van der Waals surface area contributed by atoms with Gasteiger partial charge >= 0.3 is 5.97 Å². The van der Waals surface area contributed by atoms with Crippen molar-refractivity contribution in [3.8, 4) is 0 Å². The van der Waals surface area contributed by atoms with Crippen molar-refractivity contribution in [3.05, 3.63) is 21.9 Å². The van der Waals surface area contributed by atoms with Gasteiger partial charge in [0.2, 0.25) is 5.91 Å². The highest BCUT2D eigenvalue weighted by atomic mass is 32.1. The Morgan fingerprint density at radius 2 is 2.26 bits per heavy atom. The summed E-state index contributed by atoms with van der Waals surface area (Å²) >= 11 is 1.28. The van der Waals surface area contributed by atoms with Gasteiger partial charge in [-0.05, 0) is 31.4 Å². The number of aliphatic hydroxyl groups excluding tert-OH is 1. The number of nitrogens with zero attached hydrogens (tertiary/aromatic N) is 1. The third-order valence-electron chi connectivity index (χ3n) is 3.36. The molecule has 1 fully saturated rings. The zero-order chi connectivity index (χ0) is 13.8. The zero-order valence-corrected chi connectivity index (χ0v) is 11.4. The number of aromatic carboxylic acids is 1. The molecular weight excluding hydrogens is 266 g/mol. The van der Waals surface area contributed by atoms with Crippen molar-refractivity contribution in [1.82, 2.24) is 4.90 Å². The van der Waals surface area contributed by atoms with Gasteiger partial charge in [-0.15, -0.1) is 11.3 Å². The maximum Gasteiger partial charge on any atom is 0.345 e. The van der Waals surface area contributed by atoms with E-state index < -0.39 is 5.97 Å². The number of amides is 1. The summed E-state index contributed by atoms with van der Waals surface area (Å²) in [5.41, 5.74) is 0. The van der Waals surface area contributed by atoms with Gasteiger partial charge in [-0.3, -0.25) is 4.79 Å². The number of rotatable bonds is 6. The largest absolute Gasteiger partial charge is 0.477 e. The van der Waals surface area contributed by atoms with Crippen molar-refractivity contribution in [1.29, 1.82) is 0 Å². The Labute approximate surface area is 115 Å². The first kappa shape index (κ1) is 14.0. The Balaban J connectivity index is 1.82. The van der Waals surface area contributed by atoms with E-state index >= 15 is 0 Å². The fraction of sp³-hybridized carbons (Fsp3) is 0.538. The second-order valence-electron chi connectivity index (χ2n) is 4.64. The lowest BCUT2D eigenvalue weighted by molar-refractivity contribution is -0.129. The first-order valence-corrected chi connectivity index (χ1v) is 7.16. The van der Waals surface area contributed by atoms with E-state index in [1.807, 2.05) is 6.07 Å². The summed E-state index contributed by atoms with van der Waals surface area (Å²) in [6.07, 6.45) is 2.81. The molecule has 0 aromatic carbocycles. The molecule has 0 radical (unpaired) electrons. The molecule has 0 aliphatic carbocycles. The third-order valence-corrected chi connectivity index (χ3v) is 4.49. The fourth-order valence-electron chi connectivity index (χ4n) is 2.34. The number of carboxylic acid groups (broad SMARTS) is 1. The molecule has 1 aromatic heterocycles. The summed E-state index contributed by atoms with van der Waals surface area (Å²) in [5.74, 6) is -0.789. The second kappa shape index (κ2) is 6.16. The molecule has 1 amide bonds. The molecule has 6 heteroatoms. The minimum atomic E-state index is -0.897. The quantitative estimate of drug-likeness (QED) is 0.826. The van der Waals surface area contributed by atoms with Gasteiger partial charge in [-0.25, -0.2) is 4.79 Å². The van der Waals surface area contributed by atoms with Crippen LogP contribution in [0, 0.1) is 0 Å². The number of aliphatic hydroxyl groups is 1. The van der Waals surface area contributed by atoms with Crippen LogP contribution in [-0.2, 0) is 11.2 Å². The van der Waals surface area contributed by atoms with Crippen molar-refractivity contribution in [2.45, 2.75) is 31.7 Å². The average molecular weight is 283 g/mol. The number of thiophene rings is 1. The standard InChI is InChI=1S/C13H17NO4S/c15-8-9-3-6-12(16)14(9)7-1-2-10-4-5-11(19-10)13(17)18/h4-5,9,15H,1-3,6-8H2,(H,17,18)/t9-/m1/s1. The molecule has 1 aliphatic heterocycles. The summed E-state index contributed by atoms with van der Waals surface area (Å²) in [5, 5.41) is 18.0. The van der Waals surface area contributed by atoms with E-state index in [-0.39, 0.29) is 18.6 Å². The first-order chi connectivity index (χ1) is 9.11. The van der Waals surface area contributed by atoms with Gasteiger partial charge in [-0.2, -0.15) is 0 Å². The summed E-state index contributed by atoms with van der Waals surface area (Å²) < 4.78 is 0. The molecule has 1 aliphatic rings. The molecule has 1 saturated heterocycles. The van der Waals surface area contributed by atoms with E-state index in [1.165, 1.54) is 11.3 Å². The molecule has 5 nitrogen and oxygen atoms in total. The van der Waals surface area contributed by atoms with E-state index in [4.69, 9.17) is 5.11 Å². The van der Waals surface area contributed by atoms with E-state index in [0.29, 0.717) is 17.8 Å². The Hall–Kier alpha value is -1.40. The topological polar surface area (TPSA) is 77.8 Å². The second-order valence-corrected chi connectivity index (χ2v) is 5.81. The van der Waals surface area contributed by atoms with Crippen LogP contribution in [0.3, 0.4) is 0 Å². The molecular formula is C13H17NO4S. The van der Waals surface area contributed by atoms with Crippen LogP contribution in [0.4, 0.5) is 0 Å². The van der Waals surface area contributed by atoms with Crippen molar-refractivity contribution >= 4 is 23.2 Å². The minimum Gasteiger partial charge on any atom is -0.477 e. The SMILES string of the molecule is O=C(O)c1ccc(CCCN2C(=O)CC[C@@H]2CO)s1. The van der Waals surface area contributed by atoms with Crippen LogP contribution in [0.5, 0.6) is 0 Å². The Bertz CT molecular complexity index is 471. The molecule has 0 saturated carbocycles. The molecule has 0 unspecified atom stereocenters. The lowest BCUT2D eigenvalue weighted by atomic mass is 10.2. The van der Waals surface area contributed by atoms with E-state index in [1.54, 1.807) is 11.0 Å². The molecule has 2 rings (SSSR count). The maximum absolute atomic E-state index is 11.6. The molecule has 2 N–H and O–H groups in total. The summed E-state index contributed by atoms with van der Waals surface area (Å²) in [4.78, 5) is 25.5. The Morgan fingerprint density at radius 1 is 1.47 bits per heavy atom. The third kappa shape index (κ3) is 3.33. The monoisotopic (exact) mass is 283 g/mol. The first-order valence-electron chi connectivity index (χ1n) is 6.34. The number of aryl methyl sites for hydroxylation is 1. The van der Waals surface area contributed by atoms with Gasteiger partial charge < -0.3 is 15.1 Å². The van der Waals surface area contributed by atoms with Crippen LogP contribution in [0.25, 0.3) is 0 Å². The van der Waals surface area contributed by atoms with Gasteiger partial charge in [0.25, 0.3) is 0 Å². The van der Waals surface area contributed by atoms with Gasteiger partial charge in [0.15, 0.2) is 0 Å². The van der Waals surface area contributed by atoms with Crippen molar-refractivity contribution in [2.24, 2.45) is 0 Å². The van der Waals surface area contributed by atoms with Gasteiger partial charge in [0, 0.05) is 17.8 Å². The number of carboxylic acids is 1. The number of carbonyl (C=O) groups is 2. The Kier molecular flexibility index (Phi) is 4.55. The van der Waals surface area contributed by atoms with E-state index in [2.05, 4.69) is 0 Å². The van der Waals surface area contributed by atoms with Crippen LogP contribution < -0.4 is 0 Å². The number of hydrogen-bond donors (Lipinski definition) is 2. The molecule has 19 heavy (non-hydrogen) atoms. The van der Waals surface area contributed by atoms with Crippen LogP contribution >= 0.6 is 11.3 Å². The normalized spacial score (nSPS) is 19.1. The maximum atomic E-state index is 11.6. The van der Waals surface area contributed by atoms with E-state index in [0.717, 1.165) is 24.1 Å². The van der Waals surface area contributed by atoms with E-state index in [9.17, 15) is 14.7 Å². The van der Waals surface area contributed by atoms with Gasteiger partial charge in [-0.1, -0.05) is 0 Å². The summed E-state index contributed by atoms with van der Waals surface area (Å²) in [6.45, 7) is 0.651. The lowest BCUT2D eigenvalue weighted by Gasteiger charge is -2.22. The van der Waals surface area contributed by atoms with Crippen LogP contribution in [0.15, 0.2) is 12.1 Å². The molecule has 2 heterocycles. The predicted octanol–water partition coefficient (Wildman–Crippen LogP) is 1.36. The molecule has 104 valence electrons. The van der Waals surface area contributed by atoms with Crippen LogP contribution in [-0.4, -0.2) is 46.2 Å². The highest BCUT2D eigenvalue weighted by Crippen LogP contribution is 2.21. The van der Waals surface area contributed by atoms with Crippen LogP contribution in [0.1, 0.15) is 33.8 Å². The van der Waals surface area contributed by atoms with Crippen molar-refractivity contribution < 1.29 is 19.8 Å². The van der Waals surface area contributed by atoms with Crippen LogP contribution in [0.2, 0.25) is 0 Å². The Morgan fingerprint density at radius 3 is 2.89 bits per heavy atom. The minimum absolute atomic E-state index is 0.0217. The fourth-order valence-corrected chi connectivity index (χ4v) is 3.23. The number of carbonyl (C=O) groups excluding carboxylic acids is 1. The predicted molar refractivity (Wildman–Crippen MR) is 71.4 cm³/mol. The highest BCUT2D eigenvalue weighted by molar-refractivity contribution is 7.13. The summed E-state index contributed by atoms with van der Waals surface area (Å²) in [7, 11) is 0. The number of hydrogen-bond acceptors (Lipinski definition) is 4. The summed E-state index contributed by atoms with van der Waals surface area (Å²) in [6, 6.07) is 3.40. The van der Waals surface area contributed by atoms with Crippen molar-refractivity contribution in [2.75, 3.05) is 13.2 Å². The van der Waals surface area contributed by atoms with Gasteiger partial charge in [0.1, 0.15) is 4.88 Å². The zero-order valence-electron chi connectivity index (χ0n) is 10.5. The average Bonchev–Trinajstić information content (AvgIpc) is 2.98. The number of likely N-dealkylation sites (tertiary alicyclic amines) is 1. The molecule has 1 aromatic rings. The van der Waals surface area contributed by atoms with Gasteiger partial charge in [0.05, 0.1) is 12.6 Å². The molecule has 0 bridgehead atoms. The van der Waals surface area contributed by atoms with Crippen molar-refractivity contribution in [3.63, 3.8) is 0 Å². The molecule has 0 spiro atoms. The lowest BCUT2D eigenvalue weighted by Crippen LogP contribution is -2.36. The highest BCUT2D eigenvalue weighted by Gasteiger charge is 2.29.